The largest absolute Gasteiger partial charge is 0.476 e. The molecule has 1 aromatic heterocycles. The van der Waals surface area contributed by atoms with E-state index < -0.39 is 42.3 Å². The summed E-state index contributed by atoms with van der Waals surface area (Å²) < 4.78 is 37.1. The van der Waals surface area contributed by atoms with Gasteiger partial charge in [0.25, 0.3) is 11.8 Å². The second-order valence-electron chi connectivity index (χ2n) is 8.73. The van der Waals surface area contributed by atoms with Crippen LogP contribution in [0.25, 0.3) is 0 Å². The highest BCUT2D eigenvalue weighted by Crippen LogP contribution is 2.53. The number of hydrogen-bond acceptors (Lipinski definition) is 10. The van der Waals surface area contributed by atoms with Crippen LogP contribution in [0.1, 0.15) is 34.6 Å². The minimum absolute atomic E-state index is 0.0110. The Bertz CT molecular complexity index is 1200. The average molecular weight is 487 g/mol. The zero-order valence-electron chi connectivity index (χ0n) is 19.1. The van der Waals surface area contributed by atoms with Crippen LogP contribution >= 0.6 is 11.8 Å². The lowest BCUT2D eigenvalue weighted by atomic mass is 9.85. The number of carbonyl (C=O) groups excluding carboxylic acids is 2. The van der Waals surface area contributed by atoms with Crippen molar-refractivity contribution >= 4 is 33.3 Å². The van der Waals surface area contributed by atoms with Crippen molar-refractivity contribution in [1.29, 1.82) is 0 Å². The second-order valence-corrected chi connectivity index (χ2v) is 12.8. The molecule has 1 saturated heterocycles. The number of carbonyl (C=O) groups is 2. The number of aryl methyl sites for hydroxylation is 1. The normalized spacial score (nSPS) is 27.1. The Morgan fingerprint density at radius 1 is 1.22 bits per heavy atom. The number of ether oxygens (including phenoxy) is 2. The van der Waals surface area contributed by atoms with Gasteiger partial charge in [0.15, 0.2) is 32.3 Å². The minimum atomic E-state index is -4.14. The molecule has 32 heavy (non-hydrogen) atoms. The summed E-state index contributed by atoms with van der Waals surface area (Å²) >= 11 is 0.769. The van der Waals surface area contributed by atoms with E-state index in [2.05, 4.69) is 10.1 Å². The van der Waals surface area contributed by atoms with Crippen LogP contribution in [0.2, 0.25) is 0 Å². The maximum atomic E-state index is 13.8. The van der Waals surface area contributed by atoms with Crippen LogP contribution in [0.15, 0.2) is 21.2 Å². The molecule has 0 aliphatic carbocycles. The molecule has 3 atom stereocenters. The van der Waals surface area contributed by atoms with Crippen molar-refractivity contribution in [3.05, 3.63) is 21.6 Å². The fourth-order valence-electron chi connectivity index (χ4n) is 3.62. The van der Waals surface area contributed by atoms with Crippen molar-refractivity contribution in [1.82, 2.24) is 19.7 Å². The lowest BCUT2D eigenvalue weighted by Crippen LogP contribution is -2.73. The minimum Gasteiger partial charge on any atom is -0.476 e. The van der Waals surface area contributed by atoms with Crippen LogP contribution < -0.4 is 10.3 Å². The highest BCUT2D eigenvalue weighted by Gasteiger charge is 2.67. The van der Waals surface area contributed by atoms with Gasteiger partial charge in [0.2, 0.25) is 0 Å². The predicted octanol–water partition coefficient (Wildman–Crippen LogP) is 0.493. The van der Waals surface area contributed by atoms with Crippen LogP contribution in [0.5, 0.6) is 5.88 Å². The number of methoxy groups -OCH3 is 2. The van der Waals surface area contributed by atoms with Gasteiger partial charge in [0.1, 0.15) is 4.08 Å². The van der Waals surface area contributed by atoms with Gasteiger partial charge < -0.3 is 9.47 Å². The molecular weight excluding hydrogens is 460 g/mol. The molecule has 1 unspecified atom stereocenters. The van der Waals surface area contributed by atoms with Crippen LogP contribution in [-0.4, -0.2) is 69.5 Å². The molecule has 0 aromatic carbocycles. The van der Waals surface area contributed by atoms with E-state index in [9.17, 15) is 22.8 Å². The molecule has 3 rings (SSSR count). The molecule has 0 N–H and O–H groups in total. The molecule has 0 bridgehead atoms. The SMILES string of the molecule is COc1nn(C)c(SC2(C)C(C)=C(C(=O)C(C)(C)C)N3C(=O)[C@H](OC)[C@@H]3S2(=O)=O)nc1=O. The van der Waals surface area contributed by atoms with E-state index in [1.54, 1.807) is 20.8 Å². The Kier molecular flexibility index (Phi) is 5.84. The molecule has 13 heteroatoms. The lowest BCUT2D eigenvalue weighted by Gasteiger charge is -2.53. The van der Waals surface area contributed by atoms with Gasteiger partial charge in [-0.25, -0.2) is 13.1 Å². The fraction of sp³-hybridized carbons (Fsp3) is 0.632. The zero-order chi connectivity index (χ0) is 24.4. The molecule has 2 aliphatic heterocycles. The van der Waals surface area contributed by atoms with Gasteiger partial charge in [0.05, 0.1) is 12.8 Å². The molecular formula is C19H26N4O7S2. The number of aromatic nitrogens is 3. The third-order valence-electron chi connectivity index (χ3n) is 5.66. The Labute approximate surface area is 190 Å². The van der Waals surface area contributed by atoms with E-state index in [0.29, 0.717) is 0 Å². The quantitative estimate of drug-likeness (QED) is 0.541. The van der Waals surface area contributed by atoms with Gasteiger partial charge in [-0.05, 0) is 19.4 Å². The van der Waals surface area contributed by atoms with Crippen molar-refractivity contribution in [3.8, 4) is 5.88 Å². The summed E-state index contributed by atoms with van der Waals surface area (Å²) in [5.41, 5.74) is -1.43. The van der Waals surface area contributed by atoms with Crippen LogP contribution in [0.3, 0.4) is 0 Å². The third kappa shape index (κ3) is 3.28. The number of sulfone groups is 1. The molecule has 1 amide bonds. The molecule has 11 nitrogen and oxygen atoms in total. The van der Waals surface area contributed by atoms with E-state index in [-0.39, 0.29) is 28.1 Å². The monoisotopic (exact) mass is 486 g/mol. The van der Waals surface area contributed by atoms with Crippen molar-refractivity contribution in [2.75, 3.05) is 14.2 Å². The maximum Gasteiger partial charge on any atom is 0.336 e. The average Bonchev–Trinajstić information content (AvgIpc) is 2.69. The first kappa shape index (κ1) is 24.4. The first-order valence-electron chi connectivity index (χ1n) is 9.67. The smallest absolute Gasteiger partial charge is 0.336 e. The Hall–Kier alpha value is -2.25. The summed E-state index contributed by atoms with van der Waals surface area (Å²) in [5, 5.41) is 2.62. The van der Waals surface area contributed by atoms with Gasteiger partial charge in [-0.15, -0.1) is 5.10 Å². The summed E-state index contributed by atoms with van der Waals surface area (Å²) in [6.45, 7) is 8.00. The summed E-state index contributed by atoms with van der Waals surface area (Å²) in [5.74, 6) is -1.20. The first-order chi connectivity index (χ1) is 14.6. The fourth-order valence-corrected chi connectivity index (χ4v) is 7.53. The van der Waals surface area contributed by atoms with Crippen molar-refractivity contribution < 1.29 is 27.5 Å². The van der Waals surface area contributed by atoms with Gasteiger partial charge in [0, 0.05) is 19.6 Å². The first-order valence-corrected chi connectivity index (χ1v) is 12.0. The van der Waals surface area contributed by atoms with Gasteiger partial charge >= 0.3 is 5.56 Å². The molecule has 1 fully saturated rings. The number of β-lactam (4-membered cyclic amide) rings is 1. The Morgan fingerprint density at radius 3 is 2.31 bits per heavy atom. The summed E-state index contributed by atoms with van der Waals surface area (Å²) in [6.07, 6.45) is -1.23. The van der Waals surface area contributed by atoms with E-state index in [0.717, 1.165) is 16.7 Å². The zero-order valence-corrected chi connectivity index (χ0v) is 20.8. The third-order valence-corrected chi connectivity index (χ3v) is 10.3. The highest BCUT2D eigenvalue weighted by atomic mass is 32.3. The summed E-state index contributed by atoms with van der Waals surface area (Å²) in [4.78, 5) is 43.1. The van der Waals surface area contributed by atoms with E-state index in [1.165, 1.54) is 39.8 Å². The molecule has 1 aromatic rings. The molecule has 0 saturated carbocycles. The lowest BCUT2D eigenvalue weighted by molar-refractivity contribution is -0.161. The van der Waals surface area contributed by atoms with Gasteiger partial charge in [-0.3, -0.25) is 19.3 Å². The van der Waals surface area contributed by atoms with Gasteiger partial charge in [-0.1, -0.05) is 32.5 Å². The summed E-state index contributed by atoms with van der Waals surface area (Å²) in [6, 6.07) is 0. The van der Waals surface area contributed by atoms with E-state index >= 15 is 0 Å². The second kappa shape index (κ2) is 7.66. The van der Waals surface area contributed by atoms with Gasteiger partial charge in [-0.2, -0.15) is 4.98 Å². The maximum absolute atomic E-state index is 13.8. The number of hydrogen-bond donors (Lipinski definition) is 0. The highest BCUT2D eigenvalue weighted by molar-refractivity contribution is 8.15. The van der Waals surface area contributed by atoms with Crippen LogP contribution in [0.4, 0.5) is 0 Å². The van der Waals surface area contributed by atoms with Crippen LogP contribution in [-0.2, 0) is 31.2 Å². The number of thioether (sulfide) groups is 1. The number of Topliss-reactive ketones (excluding diaryl/α,β-unsaturated/α-hetero) is 1. The van der Waals surface area contributed by atoms with Crippen LogP contribution in [0, 0.1) is 5.41 Å². The van der Waals surface area contributed by atoms with Crippen molar-refractivity contribution in [2.24, 2.45) is 12.5 Å². The van der Waals surface area contributed by atoms with E-state index in [4.69, 9.17) is 9.47 Å². The van der Waals surface area contributed by atoms with Crippen molar-refractivity contribution in [3.63, 3.8) is 0 Å². The molecule has 0 spiro atoms. The molecule has 176 valence electrons. The summed E-state index contributed by atoms with van der Waals surface area (Å²) in [7, 11) is -0.133. The standard InChI is InChI=1S/C19H26N4O7S2/c1-9-10(12(24)18(2,3)4)23-15(26)11(29-7)16(23)32(27,28)19(9,5)31-17-20-13(25)14(30-8)21-22(17)6/h11,16H,1-8H3/t11-,16-,19?/m0/s1. The molecule has 3 heterocycles. The van der Waals surface area contributed by atoms with E-state index in [1.807, 2.05) is 0 Å². The molecule has 0 radical (unpaired) electrons. The van der Waals surface area contributed by atoms with Crippen molar-refractivity contribution in [2.45, 2.75) is 55.3 Å². The Morgan fingerprint density at radius 2 is 1.81 bits per heavy atom. The number of rotatable bonds is 5. The predicted molar refractivity (Wildman–Crippen MR) is 116 cm³/mol. The number of amides is 1. The Balaban J connectivity index is 2.27. The number of ketones is 1. The number of fused-ring (bicyclic) bond motifs is 1. The number of allylic oxidation sites excluding steroid dienone is 1. The number of nitrogens with zero attached hydrogens (tertiary/aromatic N) is 4. The molecule has 2 aliphatic rings. The topological polar surface area (TPSA) is 138 Å².